The molecule has 0 radical (unpaired) electrons. The van der Waals surface area contributed by atoms with Crippen molar-refractivity contribution in [3.05, 3.63) is 41.5 Å². The van der Waals surface area contributed by atoms with Crippen LogP contribution in [0.1, 0.15) is 24.0 Å². The van der Waals surface area contributed by atoms with Crippen molar-refractivity contribution in [3.63, 3.8) is 0 Å². The second-order valence-electron chi connectivity index (χ2n) is 8.91. The largest absolute Gasteiger partial charge is 0.321 e. The number of hydrogen-bond acceptors (Lipinski definition) is 3. The Balaban J connectivity index is 1.26. The monoisotopic (exact) mass is 412 g/mol. The van der Waals surface area contributed by atoms with Gasteiger partial charge in [-0.25, -0.2) is 4.90 Å². The van der Waals surface area contributed by atoms with Crippen molar-refractivity contribution in [3.8, 4) is 0 Å². The molecule has 0 bridgehead atoms. The van der Waals surface area contributed by atoms with Crippen molar-refractivity contribution >= 4 is 23.4 Å². The molecule has 4 rings (SSSR count). The highest BCUT2D eigenvalue weighted by atomic mass is 16.2. The van der Waals surface area contributed by atoms with Gasteiger partial charge in [-0.05, 0) is 37.8 Å². The highest BCUT2D eigenvalue weighted by Crippen LogP contribution is 2.34. The van der Waals surface area contributed by atoms with E-state index in [2.05, 4.69) is 5.32 Å². The molecule has 2 atom stereocenters. The number of piperazine rings is 1. The lowest BCUT2D eigenvalue weighted by Crippen LogP contribution is -3.29. The van der Waals surface area contributed by atoms with E-state index in [9.17, 15) is 14.4 Å². The number of nitrogens with one attached hydrogen (secondary N) is 3. The summed E-state index contributed by atoms with van der Waals surface area (Å²) < 4.78 is 0. The molecule has 30 heavy (non-hydrogen) atoms. The molecule has 3 amide bonds. The second kappa shape index (κ2) is 8.70. The summed E-state index contributed by atoms with van der Waals surface area (Å²) in [6.45, 7) is 8.36. The van der Waals surface area contributed by atoms with Crippen molar-refractivity contribution in [2.45, 2.75) is 26.7 Å². The van der Waals surface area contributed by atoms with E-state index in [0.717, 1.165) is 43.0 Å². The lowest BCUT2D eigenvalue weighted by molar-refractivity contribution is -1.01. The number of rotatable bonds is 5. The van der Waals surface area contributed by atoms with Gasteiger partial charge in [0.25, 0.3) is 5.91 Å². The van der Waals surface area contributed by atoms with Gasteiger partial charge in [0, 0.05) is 5.69 Å². The number of quaternary nitrogens is 2. The zero-order valence-electron chi connectivity index (χ0n) is 17.9. The normalized spacial score (nSPS) is 28.5. The Hall–Kier alpha value is -2.51. The van der Waals surface area contributed by atoms with E-state index in [1.165, 1.54) is 14.7 Å². The standard InChI is InChI=1S/C23H30N4O3/c1-16-6-5-7-17(2)21(16)24-20(28)14-25-10-12-26(13-11-25)15-27-22(29)18-8-3-4-9-19(18)23(27)30/h3-7,18-19H,8-15H2,1-2H3,(H,24,28)/p+2/t18-,19+. The summed E-state index contributed by atoms with van der Waals surface area (Å²) >= 11 is 0. The first kappa shape index (κ1) is 20.8. The molecule has 1 aromatic carbocycles. The van der Waals surface area contributed by atoms with E-state index in [1.54, 1.807) is 0 Å². The summed E-state index contributed by atoms with van der Waals surface area (Å²) in [7, 11) is 0. The first-order valence-corrected chi connectivity index (χ1v) is 11.0. The summed E-state index contributed by atoms with van der Waals surface area (Å²) in [4.78, 5) is 41.9. The van der Waals surface area contributed by atoms with Crippen LogP contribution in [0, 0.1) is 25.7 Å². The number of allylic oxidation sites excluding steroid dienone is 2. The summed E-state index contributed by atoms with van der Waals surface area (Å²) in [6.07, 6.45) is 5.42. The molecule has 1 aliphatic carbocycles. The molecule has 7 heteroatoms. The molecule has 2 heterocycles. The lowest BCUT2D eigenvalue weighted by atomic mass is 9.85. The number of nitrogens with zero attached hydrogens (tertiary/aromatic N) is 1. The van der Waals surface area contributed by atoms with Crippen LogP contribution in [0.2, 0.25) is 0 Å². The summed E-state index contributed by atoms with van der Waals surface area (Å²) in [5.41, 5.74) is 3.06. The van der Waals surface area contributed by atoms with Gasteiger partial charge in [-0.2, -0.15) is 0 Å². The molecular weight excluding hydrogens is 380 g/mol. The number of carbonyl (C=O) groups is 3. The average molecular weight is 413 g/mol. The fourth-order valence-electron chi connectivity index (χ4n) is 4.96. The molecule has 160 valence electrons. The van der Waals surface area contributed by atoms with Gasteiger partial charge in [0.2, 0.25) is 11.8 Å². The van der Waals surface area contributed by atoms with Crippen LogP contribution < -0.4 is 15.1 Å². The maximum atomic E-state index is 12.7. The van der Waals surface area contributed by atoms with E-state index < -0.39 is 0 Å². The second-order valence-corrected chi connectivity index (χ2v) is 8.91. The minimum absolute atomic E-state index is 0.00426. The molecule has 2 fully saturated rings. The van der Waals surface area contributed by atoms with Gasteiger partial charge in [-0.15, -0.1) is 0 Å². The quantitative estimate of drug-likeness (QED) is 0.426. The Kier molecular flexibility index (Phi) is 6.01. The van der Waals surface area contributed by atoms with E-state index in [1.807, 2.05) is 44.2 Å². The zero-order chi connectivity index (χ0) is 21.3. The van der Waals surface area contributed by atoms with Gasteiger partial charge in [0.15, 0.2) is 13.2 Å². The summed E-state index contributed by atoms with van der Waals surface area (Å²) in [6, 6.07) is 6.00. The number of fused-ring (bicyclic) bond motifs is 1. The summed E-state index contributed by atoms with van der Waals surface area (Å²) in [5.74, 6) is -0.258. The van der Waals surface area contributed by atoms with Gasteiger partial charge in [0.1, 0.15) is 26.2 Å². The molecule has 0 saturated carbocycles. The molecule has 2 aliphatic heterocycles. The lowest BCUT2D eigenvalue weighted by Gasteiger charge is -2.31. The van der Waals surface area contributed by atoms with E-state index >= 15 is 0 Å². The Labute approximate surface area is 177 Å². The molecule has 3 N–H and O–H groups in total. The minimum Gasteiger partial charge on any atom is -0.321 e. The fraction of sp³-hybridized carbons (Fsp3) is 0.522. The molecule has 0 unspecified atom stereocenters. The molecule has 2 saturated heterocycles. The van der Waals surface area contributed by atoms with Crippen LogP contribution in [-0.2, 0) is 14.4 Å². The van der Waals surface area contributed by atoms with Crippen molar-refractivity contribution in [1.29, 1.82) is 0 Å². The number of hydrogen-bond donors (Lipinski definition) is 3. The molecule has 3 aliphatic rings. The Morgan fingerprint density at radius 1 is 0.967 bits per heavy atom. The van der Waals surface area contributed by atoms with Crippen LogP contribution in [0.5, 0.6) is 0 Å². The van der Waals surface area contributed by atoms with Crippen LogP contribution in [-0.4, -0.2) is 62.0 Å². The van der Waals surface area contributed by atoms with Crippen molar-refractivity contribution in [2.24, 2.45) is 11.8 Å². The van der Waals surface area contributed by atoms with E-state index in [0.29, 0.717) is 26.1 Å². The SMILES string of the molecule is Cc1cccc(C)c1NC(=O)C[NH+]1CC[NH+](CN2C(=O)[C@H]3CC=CC[C@H]3C2=O)CC1. The molecule has 1 aromatic rings. The Morgan fingerprint density at radius 3 is 2.07 bits per heavy atom. The van der Waals surface area contributed by atoms with Crippen molar-refractivity contribution in [2.75, 3.05) is 44.7 Å². The van der Waals surface area contributed by atoms with Crippen LogP contribution in [0.25, 0.3) is 0 Å². The van der Waals surface area contributed by atoms with Gasteiger partial charge in [-0.3, -0.25) is 14.4 Å². The van der Waals surface area contributed by atoms with Crippen LogP contribution >= 0.6 is 0 Å². The number of carbonyl (C=O) groups excluding carboxylic acids is 3. The van der Waals surface area contributed by atoms with Gasteiger partial charge < -0.3 is 15.1 Å². The predicted molar refractivity (Wildman–Crippen MR) is 113 cm³/mol. The zero-order valence-corrected chi connectivity index (χ0v) is 17.9. The number of amides is 3. The van der Waals surface area contributed by atoms with Crippen molar-refractivity contribution < 1.29 is 24.2 Å². The average Bonchev–Trinajstić information content (AvgIpc) is 2.97. The number of aryl methyl sites for hydroxylation is 2. The van der Waals surface area contributed by atoms with Crippen molar-refractivity contribution in [1.82, 2.24) is 4.90 Å². The molecule has 0 spiro atoms. The number of anilines is 1. The molecule has 0 aromatic heterocycles. The van der Waals surface area contributed by atoms with Gasteiger partial charge >= 0.3 is 0 Å². The molecule has 7 nitrogen and oxygen atoms in total. The maximum Gasteiger partial charge on any atom is 0.279 e. The smallest absolute Gasteiger partial charge is 0.279 e. The Morgan fingerprint density at radius 2 is 1.50 bits per heavy atom. The number of imide groups is 1. The summed E-state index contributed by atoms with van der Waals surface area (Å²) in [5, 5.41) is 3.07. The highest BCUT2D eigenvalue weighted by molar-refractivity contribution is 6.05. The van der Waals surface area contributed by atoms with Crippen LogP contribution in [0.3, 0.4) is 0 Å². The predicted octanol–water partition coefficient (Wildman–Crippen LogP) is -1.07. The topological polar surface area (TPSA) is 75.4 Å². The Bertz CT molecular complexity index is 827. The maximum absolute atomic E-state index is 12.7. The third-order valence-electron chi connectivity index (χ3n) is 6.80. The van der Waals surface area contributed by atoms with E-state index in [4.69, 9.17) is 0 Å². The first-order valence-electron chi connectivity index (χ1n) is 11.0. The number of benzene rings is 1. The van der Waals surface area contributed by atoms with Crippen LogP contribution in [0.4, 0.5) is 5.69 Å². The van der Waals surface area contributed by atoms with E-state index in [-0.39, 0.29) is 29.6 Å². The highest BCUT2D eigenvalue weighted by Gasteiger charge is 2.48. The first-order chi connectivity index (χ1) is 14.4. The molecular formula is C23H32N4O3+2. The minimum atomic E-state index is -0.151. The van der Waals surface area contributed by atoms with Gasteiger partial charge in [0.05, 0.1) is 11.8 Å². The number of para-hydroxylation sites is 1. The third-order valence-corrected chi connectivity index (χ3v) is 6.80. The third kappa shape index (κ3) is 4.18. The number of likely N-dealkylation sites (tertiary alicyclic amines) is 1. The fourth-order valence-corrected chi connectivity index (χ4v) is 4.96. The van der Waals surface area contributed by atoms with Gasteiger partial charge in [-0.1, -0.05) is 30.4 Å². The van der Waals surface area contributed by atoms with Crippen LogP contribution in [0.15, 0.2) is 30.4 Å².